The van der Waals surface area contributed by atoms with Crippen molar-refractivity contribution in [1.29, 1.82) is 0 Å². The van der Waals surface area contributed by atoms with Crippen molar-refractivity contribution in [1.82, 2.24) is 19.8 Å². The van der Waals surface area contributed by atoms with Crippen LogP contribution in [-0.4, -0.2) is 65.1 Å². The first kappa shape index (κ1) is 20.4. The first-order valence-corrected chi connectivity index (χ1v) is 11.3. The SMILES string of the molecule is CC(C)N1CCC(c2nc(N)c3ccc(OCCCN4CCCC4)cc3n2)CC1. The highest BCUT2D eigenvalue weighted by molar-refractivity contribution is 5.88. The zero-order valence-electron chi connectivity index (χ0n) is 17.9. The van der Waals surface area contributed by atoms with Crippen LogP contribution >= 0.6 is 0 Å². The Hall–Kier alpha value is -1.92. The number of hydrogen-bond donors (Lipinski definition) is 1. The Morgan fingerprint density at radius 1 is 1.10 bits per heavy atom. The molecule has 6 nitrogen and oxygen atoms in total. The minimum atomic E-state index is 0.390. The normalized spacial score (nSPS) is 19.4. The van der Waals surface area contributed by atoms with Crippen molar-refractivity contribution in [3.05, 3.63) is 24.0 Å². The number of anilines is 1. The summed E-state index contributed by atoms with van der Waals surface area (Å²) in [4.78, 5) is 14.6. The molecule has 2 aromatic rings. The van der Waals surface area contributed by atoms with E-state index in [1.165, 1.54) is 25.9 Å². The second-order valence-electron chi connectivity index (χ2n) is 8.80. The summed E-state index contributed by atoms with van der Waals surface area (Å²) in [7, 11) is 0. The highest BCUT2D eigenvalue weighted by Gasteiger charge is 2.24. The highest BCUT2D eigenvalue weighted by Crippen LogP contribution is 2.30. The molecule has 0 saturated carbocycles. The number of nitrogens with two attached hydrogens (primary N) is 1. The molecule has 0 amide bonds. The van der Waals surface area contributed by atoms with Crippen molar-refractivity contribution in [2.24, 2.45) is 0 Å². The van der Waals surface area contributed by atoms with E-state index in [9.17, 15) is 0 Å². The molecule has 1 aromatic carbocycles. The summed E-state index contributed by atoms with van der Waals surface area (Å²) < 4.78 is 6.00. The average molecular weight is 398 g/mol. The van der Waals surface area contributed by atoms with Crippen molar-refractivity contribution in [2.45, 2.75) is 57.9 Å². The molecule has 1 aromatic heterocycles. The van der Waals surface area contributed by atoms with Gasteiger partial charge in [-0.2, -0.15) is 0 Å². The Morgan fingerprint density at radius 3 is 2.59 bits per heavy atom. The zero-order valence-corrected chi connectivity index (χ0v) is 17.9. The van der Waals surface area contributed by atoms with Crippen LogP contribution in [0.25, 0.3) is 10.9 Å². The first-order valence-electron chi connectivity index (χ1n) is 11.3. The van der Waals surface area contributed by atoms with Crippen LogP contribution < -0.4 is 10.5 Å². The van der Waals surface area contributed by atoms with Crippen LogP contribution in [0.3, 0.4) is 0 Å². The second-order valence-corrected chi connectivity index (χ2v) is 8.80. The number of rotatable bonds is 7. The summed E-state index contributed by atoms with van der Waals surface area (Å²) >= 11 is 0. The molecule has 6 heteroatoms. The van der Waals surface area contributed by atoms with Crippen LogP contribution in [0.1, 0.15) is 57.7 Å². The van der Waals surface area contributed by atoms with Crippen molar-refractivity contribution < 1.29 is 4.74 Å². The van der Waals surface area contributed by atoms with Gasteiger partial charge in [-0.25, -0.2) is 9.97 Å². The van der Waals surface area contributed by atoms with Gasteiger partial charge in [0.2, 0.25) is 0 Å². The van der Waals surface area contributed by atoms with Gasteiger partial charge in [-0.1, -0.05) is 0 Å². The molecule has 2 saturated heterocycles. The lowest BCUT2D eigenvalue weighted by molar-refractivity contribution is 0.169. The molecule has 2 N–H and O–H groups in total. The standard InChI is InChI=1S/C23H35N5O/c1-17(2)28-13-8-18(9-14-28)23-25-21-16-19(6-7-20(21)22(24)26-23)29-15-5-12-27-10-3-4-11-27/h6-7,16-18H,3-5,8-15H2,1-2H3,(H2,24,25,26). The van der Waals surface area contributed by atoms with Gasteiger partial charge in [-0.05, 0) is 84.3 Å². The molecule has 0 unspecified atom stereocenters. The molecule has 0 radical (unpaired) electrons. The Bertz CT molecular complexity index is 810. The summed E-state index contributed by atoms with van der Waals surface area (Å²) in [5.41, 5.74) is 7.17. The van der Waals surface area contributed by atoms with Gasteiger partial charge in [0.25, 0.3) is 0 Å². The van der Waals surface area contributed by atoms with Gasteiger partial charge in [0.1, 0.15) is 17.4 Å². The van der Waals surface area contributed by atoms with Gasteiger partial charge in [0.15, 0.2) is 0 Å². The van der Waals surface area contributed by atoms with Crippen molar-refractivity contribution in [2.75, 3.05) is 45.1 Å². The van der Waals surface area contributed by atoms with E-state index in [1.54, 1.807) is 0 Å². The maximum absolute atomic E-state index is 6.27. The number of benzene rings is 1. The Kier molecular flexibility index (Phi) is 6.50. The lowest BCUT2D eigenvalue weighted by Crippen LogP contribution is -2.38. The molecule has 0 spiro atoms. The lowest BCUT2D eigenvalue weighted by Gasteiger charge is -2.34. The number of hydrogen-bond acceptors (Lipinski definition) is 6. The summed E-state index contributed by atoms with van der Waals surface area (Å²) in [5, 5.41) is 0.915. The molecular weight excluding hydrogens is 362 g/mol. The van der Waals surface area contributed by atoms with E-state index in [-0.39, 0.29) is 0 Å². The van der Waals surface area contributed by atoms with E-state index in [0.717, 1.165) is 68.0 Å². The van der Waals surface area contributed by atoms with Crippen LogP contribution in [0.4, 0.5) is 5.82 Å². The molecule has 4 rings (SSSR count). The van der Waals surface area contributed by atoms with Crippen molar-refractivity contribution >= 4 is 16.7 Å². The molecule has 3 heterocycles. The minimum Gasteiger partial charge on any atom is -0.493 e. The molecule has 158 valence electrons. The summed E-state index contributed by atoms with van der Waals surface area (Å²) in [6.07, 6.45) is 5.92. The first-order chi connectivity index (χ1) is 14.1. The predicted octanol–water partition coefficient (Wildman–Crippen LogP) is 3.66. The number of likely N-dealkylation sites (tertiary alicyclic amines) is 2. The topological polar surface area (TPSA) is 67.5 Å². The minimum absolute atomic E-state index is 0.390. The molecule has 2 aliphatic rings. The molecule has 2 aliphatic heterocycles. The monoisotopic (exact) mass is 397 g/mol. The van der Waals surface area contributed by atoms with E-state index in [2.05, 4.69) is 28.6 Å². The smallest absolute Gasteiger partial charge is 0.135 e. The van der Waals surface area contributed by atoms with Crippen molar-refractivity contribution in [3.63, 3.8) is 0 Å². The van der Waals surface area contributed by atoms with Crippen LogP contribution in [0.2, 0.25) is 0 Å². The van der Waals surface area contributed by atoms with Gasteiger partial charge in [-0.3, -0.25) is 0 Å². The molecular formula is C23H35N5O. The quantitative estimate of drug-likeness (QED) is 0.719. The van der Waals surface area contributed by atoms with E-state index < -0.39 is 0 Å². The maximum atomic E-state index is 6.27. The van der Waals surface area contributed by atoms with Crippen LogP contribution in [0.15, 0.2) is 18.2 Å². The number of fused-ring (bicyclic) bond motifs is 1. The highest BCUT2D eigenvalue weighted by atomic mass is 16.5. The third-order valence-corrected chi connectivity index (χ3v) is 6.43. The number of ether oxygens (including phenoxy) is 1. The fourth-order valence-electron chi connectivity index (χ4n) is 4.58. The number of piperidine rings is 1. The van der Waals surface area contributed by atoms with E-state index in [1.807, 2.05) is 18.2 Å². The van der Waals surface area contributed by atoms with Crippen LogP contribution in [0, 0.1) is 0 Å². The van der Waals surface area contributed by atoms with Gasteiger partial charge in [0, 0.05) is 30.0 Å². The van der Waals surface area contributed by atoms with Crippen LogP contribution in [0.5, 0.6) is 5.75 Å². The molecule has 2 fully saturated rings. The maximum Gasteiger partial charge on any atom is 0.135 e. The predicted molar refractivity (Wildman–Crippen MR) is 118 cm³/mol. The summed E-state index contributed by atoms with van der Waals surface area (Å²) in [5.74, 6) is 2.74. The fourth-order valence-corrected chi connectivity index (χ4v) is 4.58. The van der Waals surface area contributed by atoms with Gasteiger partial charge in [0.05, 0.1) is 12.1 Å². The number of nitrogen functional groups attached to an aromatic ring is 1. The summed E-state index contributed by atoms with van der Waals surface area (Å²) in [6, 6.07) is 6.60. The van der Waals surface area contributed by atoms with Crippen LogP contribution in [-0.2, 0) is 0 Å². The Morgan fingerprint density at radius 2 is 1.86 bits per heavy atom. The fraction of sp³-hybridized carbons (Fsp3) is 0.652. The average Bonchev–Trinajstić information content (AvgIpc) is 3.24. The molecule has 0 aliphatic carbocycles. The van der Waals surface area contributed by atoms with Gasteiger partial charge in [-0.15, -0.1) is 0 Å². The molecule has 29 heavy (non-hydrogen) atoms. The van der Waals surface area contributed by atoms with Crippen molar-refractivity contribution in [3.8, 4) is 5.75 Å². The number of nitrogens with zero attached hydrogens (tertiary/aromatic N) is 4. The van der Waals surface area contributed by atoms with E-state index >= 15 is 0 Å². The zero-order chi connectivity index (χ0) is 20.2. The van der Waals surface area contributed by atoms with E-state index in [0.29, 0.717) is 17.8 Å². The third-order valence-electron chi connectivity index (χ3n) is 6.43. The van der Waals surface area contributed by atoms with E-state index in [4.69, 9.17) is 15.5 Å². The third kappa shape index (κ3) is 4.98. The van der Waals surface area contributed by atoms with Gasteiger partial charge < -0.3 is 20.3 Å². The largest absolute Gasteiger partial charge is 0.493 e. The lowest BCUT2D eigenvalue weighted by atomic mass is 9.95. The Labute approximate surface area is 174 Å². The number of aromatic nitrogens is 2. The van der Waals surface area contributed by atoms with Gasteiger partial charge >= 0.3 is 0 Å². The second kappa shape index (κ2) is 9.26. The molecule has 0 bridgehead atoms. The molecule has 0 atom stereocenters. The summed E-state index contributed by atoms with van der Waals surface area (Å²) in [6.45, 7) is 11.1. The Balaban J connectivity index is 1.40.